The summed E-state index contributed by atoms with van der Waals surface area (Å²) in [6.07, 6.45) is 4.20. The molecule has 4 aromatic rings. The summed E-state index contributed by atoms with van der Waals surface area (Å²) >= 11 is 6.12. The van der Waals surface area contributed by atoms with Crippen molar-refractivity contribution in [2.45, 2.75) is 39.3 Å². The van der Waals surface area contributed by atoms with Gasteiger partial charge in [0.25, 0.3) is 6.43 Å². The third kappa shape index (κ3) is 6.74. The molecule has 0 aliphatic heterocycles. The highest BCUT2D eigenvalue weighted by Crippen LogP contribution is 2.31. The van der Waals surface area contributed by atoms with Gasteiger partial charge in [-0.05, 0) is 26.0 Å². The molecule has 0 spiro atoms. The van der Waals surface area contributed by atoms with E-state index in [2.05, 4.69) is 42.3 Å². The SMILES string of the molecule is Cc1nn(C)c(OCC[C@H](C)Nc2cc(Cl)ncc2C#Cc2cnn(CC(F)F)c2)c1-c1nccc(N)n1. The molecule has 0 bridgehead atoms. The summed E-state index contributed by atoms with van der Waals surface area (Å²) in [5, 5.41) is 12.0. The van der Waals surface area contributed by atoms with Crippen molar-refractivity contribution >= 4 is 23.1 Å². The first-order chi connectivity index (χ1) is 18.2. The third-order valence-corrected chi connectivity index (χ3v) is 5.64. The van der Waals surface area contributed by atoms with E-state index in [0.29, 0.717) is 58.1 Å². The lowest BCUT2D eigenvalue weighted by molar-refractivity contribution is 0.122. The molecule has 0 fully saturated rings. The largest absolute Gasteiger partial charge is 0.477 e. The normalized spacial score (nSPS) is 11.8. The molecule has 38 heavy (non-hydrogen) atoms. The smallest absolute Gasteiger partial charge is 0.257 e. The number of rotatable bonds is 9. The third-order valence-electron chi connectivity index (χ3n) is 5.43. The second-order valence-corrected chi connectivity index (χ2v) is 8.91. The van der Waals surface area contributed by atoms with Crippen molar-refractivity contribution in [1.82, 2.24) is 34.5 Å². The number of aryl methyl sites for hydroxylation is 2. The van der Waals surface area contributed by atoms with Gasteiger partial charge in [-0.15, -0.1) is 0 Å². The molecule has 0 saturated heterocycles. The number of hydrogen-bond acceptors (Lipinski definition) is 8. The molecule has 4 aromatic heterocycles. The van der Waals surface area contributed by atoms with Gasteiger partial charge in [-0.3, -0.25) is 4.68 Å². The van der Waals surface area contributed by atoms with Crippen molar-refractivity contribution in [3.05, 3.63) is 58.9 Å². The van der Waals surface area contributed by atoms with Gasteiger partial charge in [-0.2, -0.15) is 10.2 Å². The van der Waals surface area contributed by atoms with Crippen LogP contribution in [0.5, 0.6) is 5.88 Å². The number of anilines is 2. The first kappa shape index (κ1) is 26.8. The molecule has 198 valence electrons. The van der Waals surface area contributed by atoms with Crippen molar-refractivity contribution in [1.29, 1.82) is 0 Å². The highest BCUT2D eigenvalue weighted by atomic mass is 35.5. The minimum Gasteiger partial charge on any atom is -0.477 e. The van der Waals surface area contributed by atoms with E-state index in [-0.39, 0.29) is 6.04 Å². The summed E-state index contributed by atoms with van der Waals surface area (Å²) in [5.41, 5.74) is 9.06. The fourth-order valence-electron chi connectivity index (χ4n) is 3.68. The molecule has 13 heteroatoms. The molecule has 0 radical (unpaired) electrons. The fourth-order valence-corrected chi connectivity index (χ4v) is 3.84. The molecule has 0 aliphatic rings. The molecule has 0 saturated carbocycles. The van der Waals surface area contributed by atoms with Crippen LogP contribution in [0.3, 0.4) is 0 Å². The van der Waals surface area contributed by atoms with E-state index in [1.165, 1.54) is 12.4 Å². The second kappa shape index (κ2) is 11.9. The van der Waals surface area contributed by atoms with Crippen LogP contribution in [-0.4, -0.2) is 53.6 Å². The van der Waals surface area contributed by atoms with Gasteiger partial charge in [0.15, 0.2) is 5.82 Å². The Hall–Kier alpha value is -4.24. The van der Waals surface area contributed by atoms with Gasteiger partial charge in [0.05, 0.1) is 35.3 Å². The van der Waals surface area contributed by atoms with E-state index in [1.54, 1.807) is 36.3 Å². The van der Waals surface area contributed by atoms with Gasteiger partial charge >= 0.3 is 0 Å². The Morgan fingerprint density at radius 1 is 1.24 bits per heavy atom. The van der Waals surface area contributed by atoms with Crippen LogP contribution in [0.25, 0.3) is 11.4 Å². The summed E-state index contributed by atoms with van der Waals surface area (Å²) in [6.45, 7) is 3.76. The fraction of sp³-hybridized carbons (Fsp3) is 0.320. The highest BCUT2D eigenvalue weighted by molar-refractivity contribution is 6.29. The van der Waals surface area contributed by atoms with E-state index in [1.807, 2.05) is 13.8 Å². The van der Waals surface area contributed by atoms with Crippen LogP contribution >= 0.6 is 11.6 Å². The maximum atomic E-state index is 12.6. The van der Waals surface area contributed by atoms with E-state index in [4.69, 9.17) is 22.1 Å². The van der Waals surface area contributed by atoms with Crippen LogP contribution in [0.4, 0.5) is 20.3 Å². The molecule has 4 rings (SSSR count). The van der Waals surface area contributed by atoms with Crippen molar-refractivity contribution in [3.63, 3.8) is 0 Å². The maximum absolute atomic E-state index is 12.6. The Labute approximate surface area is 223 Å². The number of hydrogen-bond donors (Lipinski definition) is 2. The van der Waals surface area contributed by atoms with Crippen molar-refractivity contribution < 1.29 is 13.5 Å². The van der Waals surface area contributed by atoms with Gasteiger partial charge in [-0.25, -0.2) is 28.4 Å². The lowest BCUT2D eigenvalue weighted by Crippen LogP contribution is -2.19. The number of pyridine rings is 1. The summed E-state index contributed by atoms with van der Waals surface area (Å²) in [7, 11) is 1.79. The first-order valence-corrected chi connectivity index (χ1v) is 12.1. The number of halogens is 3. The topological polar surface area (TPSA) is 122 Å². The zero-order chi connectivity index (χ0) is 27.2. The predicted octanol–water partition coefficient (Wildman–Crippen LogP) is 3.95. The molecule has 10 nitrogen and oxygen atoms in total. The molecule has 0 aliphatic carbocycles. The minimum atomic E-state index is -2.49. The molecule has 0 unspecified atom stereocenters. The van der Waals surface area contributed by atoms with Crippen molar-refractivity contribution in [2.24, 2.45) is 7.05 Å². The van der Waals surface area contributed by atoms with Crippen molar-refractivity contribution in [2.75, 3.05) is 17.7 Å². The summed E-state index contributed by atoms with van der Waals surface area (Å²) in [4.78, 5) is 12.7. The van der Waals surface area contributed by atoms with E-state index >= 15 is 0 Å². The first-order valence-electron chi connectivity index (χ1n) is 11.7. The number of nitrogens with zero attached hydrogens (tertiary/aromatic N) is 7. The van der Waals surface area contributed by atoms with Crippen LogP contribution in [0, 0.1) is 18.8 Å². The van der Waals surface area contributed by atoms with Gasteiger partial charge in [0.1, 0.15) is 23.1 Å². The monoisotopic (exact) mass is 541 g/mol. The molecular formula is C25H26ClF2N9O. The Morgan fingerprint density at radius 3 is 2.82 bits per heavy atom. The molecule has 0 aromatic carbocycles. The maximum Gasteiger partial charge on any atom is 0.257 e. The molecular weight excluding hydrogens is 516 g/mol. The number of nitrogens with one attached hydrogen (secondary N) is 1. The van der Waals surface area contributed by atoms with Crippen LogP contribution in [0.1, 0.15) is 30.2 Å². The Balaban J connectivity index is 1.42. The predicted molar refractivity (Wildman–Crippen MR) is 140 cm³/mol. The van der Waals surface area contributed by atoms with Crippen molar-refractivity contribution in [3.8, 4) is 29.1 Å². The summed E-state index contributed by atoms with van der Waals surface area (Å²) < 4.78 is 34.0. The van der Waals surface area contributed by atoms with Crippen LogP contribution in [0.15, 0.2) is 36.9 Å². The standard InChI is InChI=1S/C25H26ClF2N9O/c1-15(7-9-38-25-23(16(2)35-36(25)3)24-30-8-6-22(29)34-24)33-19-10-20(26)31-12-18(19)5-4-17-11-32-37(13-17)14-21(27)28/h6,8,10-13,15,21H,7,9,14H2,1-3H3,(H,31,33)(H2,29,30,34)/t15-/m0/s1. The number of ether oxygens (including phenoxy) is 1. The van der Waals surface area contributed by atoms with Gasteiger partial charge in [0.2, 0.25) is 5.88 Å². The lowest BCUT2D eigenvalue weighted by atomic mass is 10.2. The van der Waals surface area contributed by atoms with E-state index in [0.717, 1.165) is 10.4 Å². The van der Waals surface area contributed by atoms with Gasteiger partial charge in [-0.1, -0.05) is 23.4 Å². The van der Waals surface area contributed by atoms with Crippen LogP contribution in [0.2, 0.25) is 5.15 Å². The van der Waals surface area contributed by atoms with E-state index < -0.39 is 13.0 Å². The van der Waals surface area contributed by atoms with Gasteiger partial charge < -0.3 is 15.8 Å². The average molecular weight is 542 g/mol. The number of alkyl halides is 2. The lowest BCUT2D eigenvalue weighted by Gasteiger charge is -2.17. The zero-order valence-corrected chi connectivity index (χ0v) is 21.7. The average Bonchev–Trinajstić information content (AvgIpc) is 3.40. The molecule has 1 atom stereocenters. The minimum absolute atomic E-state index is 0.0239. The number of nitrogen functional groups attached to an aromatic ring is 1. The summed E-state index contributed by atoms with van der Waals surface area (Å²) in [6, 6.07) is 3.28. The van der Waals surface area contributed by atoms with Crippen LogP contribution < -0.4 is 15.8 Å². The summed E-state index contributed by atoms with van der Waals surface area (Å²) in [5.74, 6) is 7.30. The quantitative estimate of drug-likeness (QED) is 0.241. The Kier molecular flexibility index (Phi) is 8.38. The molecule has 4 heterocycles. The number of nitrogens with two attached hydrogens (primary N) is 1. The zero-order valence-electron chi connectivity index (χ0n) is 21.0. The Morgan fingerprint density at radius 2 is 2.05 bits per heavy atom. The van der Waals surface area contributed by atoms with E-state index in [9.17, 15) is 8.78 Å². The Bertz CT molecular complexity index is 1480. The number of aromatic nitrogens is 7. The van der Waals surface area contributed by atoms with Gasteiger partial charge in [0, 0.05) is 38.1 Å². The second-order valence-electron chi connectivity index (χ2n) is 8.52. The molecule has 0 amide bonds. The van der Waals surface area contributed by atoms with Crippen LogP contribution in [-0.2, 0) is 13.6 Å². The highest BCUT2D eigenvalue weighted by Gasteiger charge is 2.20. The molecule has 3 N–H and O–H groups in total.